The van der Waals surface area contributed by atoms with Crippen molar-refractivity contribution in [3.8, 4) is 0 Å². The summed E-state index contributed by atoms with van der Waals surface area (Å²) in [5, 5.41) is 9.25. The van der Waals surface area contributed by atoms with Gasteiger partial charge in [-0.1, -0.05) is 6.07 Å². The molecule has 0 bridgehead atoms. The van der Waals surface area contributed by atoms with E-state index >= 15 is 0 Å². The molecule has 56 valence electrons. The molecule has 0 atom stereocenters. The Kier molecular flexibility index (Phi) is 1.90. The summed E-state index contributed by atoms with van der Waals surface area (Å²) in [5.74, 6) is 0. The number of rotatable bonds is 0. The molecule has 0 aliphatic carbocycles. The minimum Gasteiger partial charge on any atom is -0.423 e. The highest BCUT2D eigenvalue weighted by Crippen LogP contribution is 2.12. The highest BCUT2D eigenvalue weighted by atomic mass is 127. The standard InChI is InChI=1S/C7H6BIO2/c9-6-1-2-7-5(3-6)4-11-8(7)10/h1-3,10H,4H2. The molecule has 0 saturated heterocycles. The van der Waals surface area contributed by atoms with Gasteiger partial charge in [-0.3, -0.25) is 0 Å². The van der Waals surface area contributed by atoms with E-state index in [9.17, 15) is 5.02 Å². The number of hydrogen-bond acceptors (Lipinski definition) is 2. The van der Waals surface area contributed by atoms with Crippen LogP contribution < -0.4 is 5.46 Å². The van der Waals surface area contributed by atoms with Crippen molar-refractivity contribution < 1.29 is 9.68 Å². The molecule has 11 heavy (non-hydrogen) atoms. The summed E-state index contributed by atoms with van der Waals surface area (Å²) in [6, 6.07) is 5.91. The van der Waals surface area contributed by atoms with Crippen molar-refractivity contribution in [3.05, 3.63) is 27.3 Å². The maximum Gasteiger partial charge on any atom is 0.491 e. The molecule has 1 aromatic carbocycles. The molecule has 1 aliphatic rings. The van der Waals surface area contributed by atoms with Crippen LogP contribution in [-0.2, 0) is 11.3 Å². The molecule has 0 spiro atoms. The lowest BCUT2D eigenvalue weighted by Crippen LogP contribution is -2.27. The Labute approximate surface area is 78.9 Å². The average molecular weight is 260 g/mol. The molecule has 0 unspecified atom stereocenters. The van der Waals surface area contributed by atoms with Crippen LogP contribution in [0.15, 0.2) is 18.2 Å². The Balaban J connectivity index is 2.50. The molecule has 1 heterocycles. The van der Waals surface area contributed by atoms with E-state index in [2.05, 4.69) is 22.6 Å². The lowest BCUT2D eigenvalue weighted by atomic mass is 9.80. The van der Waals surface area contributed by atoms with Gasteiger partial charge in [-0.25, -0.2) is 0 Å². The van der Waals surface area contributed by atoms with Crippen LogP contribution in [0.2, 0.25) is 0 Å². The highest BCUT2D eigenvalue weighted by Gasteiger charge is 2.26. The molecule has 1 aliphatic heterocycles. The van der Waals surface area contributed by atoms with E-state index in [-0.39, 0.29) is 0 Å². The van der Waals surface area contributed by atoms with E-state index < -0.39 is 7.12 Å². The first kappa shape index (κ1) is 7.58. The van der Waals surface area contributed by atoms with Crippen LogP contribution >= 0.6 is 22.6 Å². The second kappa shape index (κ2) is 2.77. The van der Waals surface area contributed by atoms with Gasteiger partial charge in [0.1, 0.15) is 0 Å². The van der Waals surface area contributed by atoms with Crippen molar-refractivity contribution in [1.82, 2.24) is 0 Å². The molecule has 1 aromatic rings. The number of fused-ring (bicyclic) bond motifs is 1. The molecule has 0 saturated carbocycles. The first-order valence-electron chi connectivity index (χ1n) is 3.35. The van der Waals surface area contributed by atoms with Crippen LogP contribution in [-0.4, -0.2) is 12.1 Å². The number of benzene rings is 1. The minimum atomic E-state index is -0.706. The summed E-state index contributed by atoms with van der Waals surface area (Å²) in [5.41, 5.74) is 2.01. The van der Waals surface area contributed by atoms with E-state index in [1.807, 2.05) is 18.2 Å². The third-order valence-corrected chi connectivity index (χ3v) is 2.44. The zero-order valence-electron chi connectivity index (χ0n) is 5.75. The van der Waals surface area contributed by atoms with Gasteiger partial charge in [-0.15, -0.1) is 0 Å². The first-order chi connectivity index (χ1) is 5.27. The third kappa shape index (κ3) is 1.30. The molecule has 2 nitrogen and oxygen atoms in total. The molecular formula is C7H6BIO2. The largest absolute Gasteiger partial charge is 0.491 e. The summed E-state index contributed by atoms with van der Waals surface area (Å²) in [7, 11) is -0.706. The van der Waals surface area contributed by atoms with Gasteiger partial charge in [0.15, 0.2) is 0 Å². The van der Waals surface area contributed by atoms with Gasteiger partial charge >= 0.3 is 7.12 Å². The van der Waals surface area contributed by atoms with E-state index in [4.69, 9.17) is 4.65 Å². The predicted octanol–water partition coefficient (Wildman–Crippen LogP) is 0.509. The van der Waals surface area contributed by atoms with E-state index in [1.165, 1.54) is 3.57 Å². The van der Waals surface area contributed by atoms with Gasteiger partial charge in [-0.2, -0.15) is 0 Å². The van der Waals surface area contributed by atoms with Crippen molar-refractivity contribution in [1.29, 1.82) is 0 Å². The highest BCUT2D eigenvalue weighted by molar-refractivity contribution is 14.1. The zero-order valence-corrected chi connectivity index (χ0v) is 7.91. The summed E-state index contributed by atoms with van der Waals surface area (Å²) in [6.07, 6.45) is 0. The number of halogens is 1. The maximum absolute atomic E-state index is 9.25. The Morgan fingerprint density at radius 2 is 2.36 bits per heavy atom. The van der Waals surface area contributed by atoms with Crippen LogP contribution in [0.5, 0.6) is 0 Å². The fourth-order valence-corrected chi connectivity index (χ4v) is 1.75. The average Bonchev–Trinajstić information content (AvgIpc) is 2.32. The van der Waals surface area contributed by atoms with Crippen molar-refractivity contribution in [2.24, 2.45) is 0 Å². The molecule has 0 radical (unpaired) electrons. The van der Waals surface area contributed by atoms with Crippen molar-refractivity contribution in [2.45, 2.75) is 6.61 Å². The molecule has 0 fully saturated rings. The van der Waals surface area contributed by atoms with Crippen LogP contribution in [0.3, 0.4) is 0 Å². The molecular weight excluding hydrogens is 254 g/mol. The lowest BCUT2D eigenvalue weighted by molar-refractivity contribution is 0.275. The van der Waals surface area contributed by atoms with Gasteiger partial charge in [0.05, 0.1) is 6.61 Å². The minimum absolute atomic E-state index is 0.535. The smallest absolute Gasteiger partial charge is 0.423 e. The second-order valence-corrected chi connectivity index (χ2v) is 3.75. The molecule has 0 amide bonds. The molecule has 1 N–H and O–H groups in total. The van der Waals surface area contributed by atoms with Crippen LogP contribution in [0.4, 0.5) is 0 Å². The molecule has 4 heteroatoms. The van der Waals surface area contributed by atoms with Crippen molar-refractivity contribution in [3.63, 3.8) is 0 Å². The Morgan fingerprint density at radius 1 is 1.55 bits per heavy atom. The summed E-state index contributed by atoms with van der Waals surface area (Å²) in [6.45, 7) is 0.535. The SMILES string of the molecule is OB1OCc2cc(I)ccc21. The van der Waals surface area contributed by atoms with Gasteiger partial charge < -0.3 is 9.68 Å². The normalized spacial score (nSPS) is 15.3. The van der Waals surface area contributed by atoms with Crippen LogP contribution in [0.25, 0.3) is 0 Å². The van der Waals surface area contributed by atoms with Crippen molar-refractivity contribution in [2.75, 3.05) is 0 Å². The van der Waals surface area contributed by atoms with Crippen LogP contribution in [0, 0.1) is 3.57 Å². The van der Waals surface area contributed by atoms with Gasteiger partial charge in [-0.05, 0) is 45.7 Å². The topological polar surface area (TPSA) is 29.5 Å². The van der Waals surface area contributed by atoms with Crippen molar-refractivity contribution >= 4 is 35.2 Å². The zero-order chi connectivity index (χ0) is 7.84. The quantitative estimate of drug-likeness (QED) is 0.544. The second-order valence-electron chi connectivity index (χ2n) is 2.51. The van der Waals surface area contributed by atoms with Crippen LogP contribution in [0.1, 0.15) is 5.56 Å². The van der Waals surface area contributed by atoms with Gasteiger partial charge in [0, 0.05) is 3.57 Å². The third-order valence-electron chi connectivity index (χ3n) is 1.77. The fourth-order valence-electron chi connectivity index (χ4n) is 1.20. The molecule has 0 aromatic heterocycles. The van der Waals surface area contributed by atoms with E-state index in [0.717, 1.165) is 11.0 Å². The molecule has 2 rings (SSSR count). The monoisotopic (exact) mass is 260 g/mol. The Morgan fingerprint density at radius 3 is 3.18 bits per heavy atom. The van der Waals surface area contributed by atoms with Gasteiger partial charge in [0.25, 0.3) is 0 Å². The fraction of sp³-hybridized carbons (Fsp3) is 0.143. The predicted molar refractivity (Wildman–Crippen MR) is 51.6 cm³/mol. The maximum atomic E-state index is 9.25. The first-order valence-corrected chi connectivity index (χ1v) is 4.43. The van der Waals surface area contributed by atoms with Gasteiger partial charge in [0.2, 0.25) is 0 Å². The van der Waals surface area contributed by atoms with E-state index in [0.29, 0.717) is 6.61 Å². The summed E-state index contributed by atoms with van der Waals surface area (Å²) >= 11 is 2.24. The Bertz CT molecular complexity index is 290. The summed E-state index contributed by atoms with van der Waals surface area (Å²) < 4.78 is 6.21. The lowest BCUT2D eigenvalue weighted by Gasteiger charge is -1.96. The summed E-state index contributed by atoms with van der Waals surface area (Å²) in [4.78, 5) is 0. The Hall–Kier alpha value is -0.0651. The number of hydrogen-bond donors (Lipinski definition) is 1. The van der Waals surface area contributed by atoms with E-state index in [1.54, 1.807) is 0 Å².